The van der Waals surface area contributed by atoms with E-state index in [2.05, 4.69) is 22.3 Å². The summed E-state index contributed by atoms with van der Waals surface area (Å²) in [6.07, 6.45) is 3.23. The van der Waals surface area contributed by atoms with Crippen LogP contribution in [0.5, 0.6) is 5.75 Å². The molecule has 0 unspecified atom stereocenters. The van der Waals surface area contributed by atoms with Gasteiger partial charge in [-0.2, -0.15) is 11.8 Å². The van der Waals surface area contributed by atoms with Crippen LogP contribution >= 0.6 is 11.8 Å². The molecule has 3 rings (SSSR count). The van der Waals surface area contributed by atoms with E-state index in [1.54, 1.807) is 30.3 Å². The second-order valence-electron chi connectivity index (χ2n) is 7.18. The minimum Gasteiger partial charge on any atom is -0.484 e. The number of thioether (sulfide) groups is 1. The van der Waals surface area contributed by atoms with Gasteiger partial charge < -0.3 is 15.8 Å². The van der Waals surface area contributed by atoms with Crippen LogP contribution in [-0.4, -0.2) is 47.9 Å². The summed E-state index contributed by atoms with van der Waals surface area (Å²) in [5.41, 5.74) is 9.04. The molecule has 0 aromatic heterocycles. The van der Waals surface area contributed by atoms with Gasteiger partial charge in [-0.1, -0.05) is 24.3 Å². The molecule has 0 radical (unpaired) electrons. The van der Waals surface area contributed by atoms with Gasteiger partial charge in [0.05, 0.1) is 0 Å². The number of hydrogen-bond donors (Lipinski definition) is 2. The molecule has 2 amide bonds. The number of ether oxygens (including phenoxy) is 1. The van der Waals surface area contributed by atoms with Crippen molar-refractivity contribution in [3.8, 4) is 5.75 Å². The number of benzene rings is 2. The van der Waals surface area contributed by atoms with E-state index in [1.807, 2.05) is 24.8 Å². The molecule has 6 nitrogen and oxygen atoms in total. The Morgan fingerprint density at radius 3 is 2.57 bits per heavy atom. The highest BCUT2D eigenvalue weighted by Gasteiger charge is 2.11. The fourth-order valence-corrected chi connectivity index (χ4v) is 4.14. The molecule has 3 N–H and O–H groups in total. The minimum absolute atomic E-state index is 0.160. The predicted molar refractivity (Wildman–Crippen MR) is 123 cm³/mol. The zero-order chi connectivity index (χ0) is 21.3. The van der Waals surface area contributed by atoms with E-state index in [-0.39, 0.29) is 12.5 Å². The number of amides is 2. The first-order valence-electron chi connectivity index (χ1n) is 9.89. The second kappa shape index (κ2) is 10.8. The van der Waals surface area contributed by atoms with Crippen molar-refractivity contribution in [2.75, 3.05) is 36.5 Å². The van der Waals surface area contributed by atoms with Crippen molar-refractivity contribution in [1.29, 1.82) is 0 Å². The van der Waals surface area contributed by atoms with Gasteiger partial charge in [-0.05, 0) is 47.9 Å². The van der Waals surface area contributed by atoms with Crippen molar-refractivity contribution in [3.63, 3.8) is 0 Å². The summed E-state index contributed by atoms with van der Waals surface area (Å²) < 4.78 is 5.22. The van der Waals surface area contributed by atoms with Crippen molar-refractivity contribution >= 4 is 35.3 Å². The van der Waals surface area contributed by atoms with E-state index in [1.165, 1.54) is 23.1 Å². The predicted octanol–water partition coefficient (Wildman–Crippen LogP) is 3.06. The van der Waals surface area contributed by atoms with Crippen LogP contribution in [0.25, 0.3) is 6.08 Å². The van der Waals surface area contributed by atoms with Crippen molar-refractivity contribution in [2.45, 2.75) is 13.5 Å². The molecule has 0 saturated carbocycles. The summed E-state index contributed by atoms with van der Waals surface area (Å²) in [5.74, 6) is 2.23. The van der Waals surface area contributed by atoms with E-state index in [0.717, 1.165) is 36.4 Å². The summed E-state index contributed by atoms with van der Waals surface area (Å²) in [4.78, 5) is 25.5. The standard InChI is InChI=1S/C23H27N3O3S/c1-17-14-19(15-26-10-12-30-13-11-26)4-8-21(17)25-23(28)9-5-18-2-6-20(7-3-18)29-16-22(24)27/h2-9,14H,10-13,15-16H2,1H3,(H2,24,27)(H,25,28)/b9-5+. The van der Waals surface area contributed by atoms with Crippen LogP contribution in [0.15, 0.2) is 48.5 Å². The van der Waals surface area contributed by atoms with Crippen molar-refractivity contribution in [3.05, 3.63) is 65.2 Å². The smallest absolute Gasteiger partial charge is 0.255 e. The highest BCUT2D eigenvalue weighted by atomic mass is 32.2. The molecular weight excluding hydrogens is 398 g/mol. The SMILES string of the molecule is Cc1cc(CN2CCSCC2)ccc1NC(=O)/C=C/c1ccc(OCC(N)=O)cc1. The number of carbonyl (C=O) groups is 2. The number of anilines is 1. The van der Waals surface area contributed by atoms with E-state index >= 15 is 0 Å². The molecule has 0 bridgehead atoms. The van der Waals surface area contributed by atoms with E-state index < -0.39 is 5.91 Å². The van der Waals surface area contributed by atoms with Gasteiger partial charge >= 0.3 is 0 Å². The van der Waals surface area contributed by atoms with Crippen LogP contribution in [0.2, 0.25) is 0 Å². The van der Waals surface area contributed by atoms with Gasteiger partial charge in [0.25, 0.3) is 5.91 Å². The fraction of sp³-hybridized carbons (Fsp3) is 0.304. The molecule has 0 aliphatic carbocycles. The second-order valence-corrected chi connectivity index (χ2v) is 8.41. The van der Waals surface area contributed by atoms with Gasteiger partial charge in [0.15, 0.2) is 6.61 Å². The Bertz CT molecular complexity index is 906. The highest BCUT2D eigenvalue weighted by Crippen LogP contribution is 2.20. The Morgan fingerprint density at radius 1 is 1.17 bits per heavy atom. The number of nitrogens with zero attached hydrogens (tertiary/aromatic N) is 1. The first-order chi connectivity index (χ1) is 14.5. The van der Waals surface area contributed by atoms with Crippen molar-refractivity contribution in [1.82, 2.24) is 4.90 Å². The summed E-state index contributed by atoms with van der Waals surface area (Å²) in [6, 6.07) is 13.3. The van der Waals surface area contributed by atoms with Crippen molar-refractivity contribution in [2.24, 2.45) is 5.73 Å². The van der Waals surface area contributed by atoms with Crippen LogP contribution in [0, 0.1) is 6.92 Å². The number of aryl methyl sites for hydroxylation is 1. The maximum atomic E-state index is 12.3. The number of nitrogens with two attached hydrogens (primary N) is 1. The Kier molecular flexibility index (Phi) is 7.93. The Hall–Kier alpha value is -2.77. The van der Waals surface area contributed by atoms with Crippen LogP contribution in [-0.2, 0) is 16.1 Å². The van der Waals surface area contributed by atoms with Crippen molar-refractivity contribution < 1.29 is 14.3 Å². The van der Waals surface area contributed by atoms with Crippen LogP contribution in [0.4, 0.5) is 5.69 Å². The molecular formula is C23H27N3O3S. The topological polar surface area (TPSA) is 84.7 Å². The van der Waals surface area contributed by atoms with Gasteiger partial charge in [0, 0.05) is 42.9 Å². The quantitative estimate of drug-likeness (QED) is 0.635. The molecule has 2 aromatic rings. The Balaban J connectivity index is 1.53. The maximum absolute atomic E-state index is 12.3. The fourth-order valence-electron chi connectivity index (χ4n) is 3.16. The number of carbonyl (C=O) groups excluding carboxylic acids is 2. The number of hydrogen-bond acceptors (Lipinski definition) is 5. The third-order valence-electron chi connectivity index (χ3n) is 4.75. The van der Waals surface area contributed by atoms with E-state index in [9.17, 15) is 9.59 Å². The number of primary amides is 1. The molecule has 2 aromatic carbocycles. The molecule has 1 heterocycles. The van der Waals surface area contributed by atoms with Gasteiger partial charge in [0.2, 0.25) is 5.91 Å². The third kappa shape index (κ3) is 6.93. The Labute approximate surface area is 181 Å². The molecule has 30 heavy (non-hydrogen) atoms. The molecule has 7 heteroatoms. The molecule has 1 saturated heterocycles. The summed E-state index contributed by atoms with van der Waals surface area (Å²) in [5, 5.41) is 2.94. The first-order valence-corrected chi connectivity index (χ1v) is 11.0. The zero-order valence-corrected chi connectivity index (χ0v) is 17.9. The van der Waals surface area contributed by atoms with Gasteiger partial charge in [-0.15, -0.1) is 0 Å². The third-order valence-corrected chi connectivity index (χ3v) is 5.69. The highest BCUT2D eigenvalue weighted by molar-refractivity contribution is 7.99. The average Bonchev–Trinajstić information content (AvgIpc) is 2.74. The summed E-state index contributed by atoms with van der Waals surface area (Å²) in [7, 11) is 0. The lowest BCUT2D eigenvalue weighted by molar-refractivity contribution is -0.120. The molecule has 1 aliphatic heterocycles. The van der Waals surface area contributed by atoms with Gasteiger partial charge in [-0.25, -0.2) is 0 Å². The van der Waals surface area contributed by atoms with Crippen LogP contribution < -0.4 is 15.8 Å². The first kappa shape index (κ1) is 21.9. The monoisotopic (exact) mass is 425 g/mol. The molecule has 0 spiro atoms. The lowest BCUT2D eigenvalue weighted by atomic mass is 10.1. The lowest BCUT2D eigenvalue weighted by Gasteiger charge is -2.26. The molecule has 0 atom stereocenters. The molecule has 158 valence electrons. The Morgan fingerprint density at radius 2 is 1.90 bits per heavy atom. The zero-order valence-electron chi connectivity index (χ0n) is 17.1. The average molecular weight is 426 g/mol. The molecule has 1 aliphatic rings. The van der Waals surface area contributed by atoms with Gasteiger partial charge in [0.1, 0.15) is 5.75 Å². The lowest BCUT2D eigenvalue weighted by Crippen LogP contribution is -2.31. The summed E-state index contributed by atoms with van der Waals surface area (Å²) >= 11 is 2.01. The normalized spacial score (nSPS) is 14.6. The van der Waals surface area contributed by atoms with Crippen LogP contribution in [0.3, 0.4) is 0 Å². The molecule has 1 fully saturated rings. The van der Waals surface area contributed by atoms with Gasteiger partial charge in [-0.3, -0.25) is 14.5 Å². The largest absolute Gasteiger partial charge is 0.484 e. The maximum Gasteiger partial charge on any atom is 0.255 e. The number of rotatable bonds is 8. The number of nitrogens with one attached hydrogen (secondary N) is 1. The van der Waals surface area contributed by atoms with E-state index in [0.29, 0.717) is 5.75 Å². The minimum atomic E-state index is -0.524. The van der Waals surface area contributed by atoms with E-state index in [4.69, 9.17) is 10.5 Å². The summed E-state index contributed by atoms with van der Waals surface area (Å²) in [6.45, 7) is 5.07. The van der Waals surface area contributed by atoms with Crippen LogP contribution in [0.1, 0.15) is 16.7 Å².